The Balaban J connectivity index is 0.00000300. The largest absolute Gasteiger partial charge is 0.494 e. The Morgan fingerprint density at radius 1 is 1.24 bits per heavy atom. The number of halogens is 2. The number of aliphatic imine (C=N–C) groups is 1. The van der Waals surface area contributed by atoms with Crippen LogP contribution in [-0.2, 0) is 6.42 Å². The van der Waals surface area contributed by atoms with Gasteiger partial charge in [-0.2, -0.15) is 4.37 Å². The van der Waals surface area contributed by atoms with E-state index in [9.17, 15) is 4.39 Å². The number of nitrogens with zero attached hydrogens (tertiary/aromatic N) is 5. The molecule has 160 valence electrons. The van der Waals surface area contributed by atoms with Crippen molar-refractivity contribution in [2.24, 2.45) is 4.99 Å². The zero-order valence-electron chi connectivity index (χ0n) is 16.8. The monoisotopic (exact) mass is 534 g/mol. The molecular formula is C19H28FIN6OS. The lowest BCUT2D eigenvalue weighted by atomic mass is 10.3. The summed E-state index contributed by atoms with van der Waals surface area (Å²) in [4.78, 5) is 13.5. The molecule has 0 amide bonds. The van der Waals surface area contributed by atoms with Crippen LogP contribution in [0.25, 0.3) is 0 Å². The lowest BCUT2D eigenvalue weighted by molar-refractivity contribution is 0.308. The molecule has 1 aromatic carbocycles. The van der Waals surface area contributed by atoms with E-state index in [0.29, 0.717) is 12.4 Å². The van der Waals surface area contributed by atoms with Crippen LogP contribution in [0, 0.1) is 5.82 Å². The summed E-state index contributed by atoms with van der Waals surface area (Å²) in [5.74, 6) is 2.26. The molecule has 0 unspecified atom stereocenters. The standard InChI is InChI=1S/C19H27FN6OS.HI/c1-3-17-23-19(28-24-17)26-12-10-25(11-13-26)18(21-2)22-9-4-14-27-16-7-5-15(20)6-8-16;/h5-8H,3-4,9-14H2,1-2H3,(H,21,22);1H. The van der Waals surface area contributed by atoms with Gasteiger partial charge in [0.15, 0.2) is 5.96 Å². The van der Waals surface area contributed by atoms with Crippen molar-refractivity contribution in [3.05, 3.63) is 35.9 Å². The number of aromatic nitrogens is 2. The highest BCUT2D eigenvalue weighted by Crippen LogP contribution is 2.19. The number of anilines is 1. The van der Waals surface area contributed by atoms with E-state index in [1.54, 1.807) is 12.1 Å². The summed E-state index contributed by atoms with van der Waals surface area (Å²) in [6.45, 7) is 7.02. The molecule has 1 N–H and O–H groups in total. The third-order valence-electron chi connectivity index (χ3n) is 4.52. The normalized spacial score (nSPS) is 14.5. The molecule has 0 aliphatic carbocycles. The van der Waals surface area contributed by atoms with Crippen LogP contribution in [0.3, 0.4) is 0 Å². The first-order chi connectivity index (χ1) is 13.7. The number of ether oxygens (including phenoxy) is 1. The molecule has 0 atom stereocenters. The second-order valence-corrected chi connectivity index (χ2v) is 7.18. The Morgan fingerprint density at radius 3 is 2.59 bits per heavy atom. The Labute approximate surface area is 192 Å². The van der Waals surface area contributed by atoms with Gasteiger partial charge < -0.3 is 19.9 Å². The van der Waals surface area contributed by atoms with Crippen LogP contribution in [0.2, 0.25) is 0 Å². The van der Waals surface area contributed by atoms with Gasteiger partial charge in [-0.1, -0.05) is 6.92 Å². The summed E-state index contributed by atoms with van der Waals surface area (Å²) in [6.07, 6.45) is 1.71. The number of hydrogen-bond donors (Lipinski definition) is 1. The van der Waals surface area contributed by atoms with E-state index in [-0.39, 0.29) is 29.8 Å². The van der Waals surface area contributed by atoms with Crippen molar-refractivity contribution in [2.75, 3.05) is 51.3 Å². The maximum Gasteiger partial charge on any atom is 0.205 e. The molecule has 1 aliphatic rings. The van der Waals surface area contributed by atoms with E-state index < -0.39 is 0 Å². The smallest absolute Gasteiger partial charge is 0.205 e. The van der Waals surface area contributed by atoms with Gasteiger partial charge in [0.1, 0.15) is 17.4 Å². The van der Waals surface area contributed by atoms with Gasteiger partial charge in [0.05, 0.1) is 6.61 Å². The third kappa shape index (κ3) is 6.95. The zero-order valence-corrected chi connectivity index (χ0v) is 20.0. The molecule has 0 bridgehead atoms. The fraction of sp³-hybridized carbons (Fsp3) is 0.526. The van der Waals surface area contributed by atoms with Gasteiger partial charge in [0, 0.05) is 57.7 Å². The highest BCUT2D eigenvalue weighted by Gasteiger charge is 2.21. The van der Waals surface area contributed by atoms with E-state index in [1.165, 1.54) is 23.7 Å². The number of rotatable bonds is 7. The van der Waals surface area contributed by atoms with Gasteiger partial charge in [-0.3, -0.25) is 4.99 Å². The van der Waals surface area contributed by atoms with Crippen molar-refractivity contribution >= 4 is 46.6 Å². The first-order valence-corrected chi connectivity index (χ1v) is 10.4. The highest BCUT2D eigenvalue weighted by molar-refractivity contribution is 14.0. The highest BCUT2D eigenvalue weighted by atomic mass is 127. The topological polar surface area (TPSA) is 65.9 Å². The first-order valence-electron chi connectivity index (χ1n) is 9.61. The number of aryl methyl sites for hydroxylation is 1. The Bertz CT molecular complexity index is 764. The van der Waals surface area contributed by atoms with Gasteiger partial charge in [-0.25, -0.2) is 9.37 Å². The third-order valence-corrected chi connectivity index (χ3v) is 5.34. The molecule has 2 heterocycles. The summed E-state index contributed by atoms with van der Waals surface area (Å²) < 4.78 is 22.9. The van der Waals surface area contributed by atoms with Crippen LogP contribution in [0.4, 0.5) is 9.52 Å². The van der Waals surface area contributed by atoms with Crippen molar-refractivity contribution in [1.29, 1.82) is 0 Å². The molecule has 0 saturated carbocycles. The van der Waals surface area contributed by atoms with E-state index >= 15 is 0 Å². The number of guanidine groups is 1. The van der Waals surface area contributed by atoms with E-state index in [1.807, 2.05) is 7.05 Å². The molecule has 3 rings (SSSR count). The van der Waals surface area contributed by atoms with Crippen molar-refractivity contribution < 1.29 is 9.13 Å². The predicted molar refractivity (Wildman–Crippen MR) is 126 cm³/mol. The summed E-state index contributed by atoms with van der Waals surface area (Å²) >= 11 is 1.48. The van der Waals surface area contributed by atoms with Crippen molar-refractivity contribution in [3.8, 4) is 5.75 Å². The second kappa shape index (κ2) is 12.1. The SMILES string of the molecule is CCc1nsc(N2CCN(C(=NC)NCCCOc3ccc(F)cc3)CC2)n1.I. The molecule has 7 nitrogen and oxygen atoms in total. The average Bonchev–Trinajstić information content (AvgIpc) is 3.22. The molecular weight excluding hydrogens is 506 g/mol. The molecule has 1 aliphatic heterocycles. The summed E-state index contributed by atoms with van der Waals surface area (Å²) in [5, 5.41) is 4.41. The maximum atomic E-state index is 12.9. The predicted octanol–water partition coefficient (Wildman–Crippen LogP) is 3.02. The summed E-state index contributed by atoms with van der Waals surface area (Å²) in [5.41, 5.74) is 0. The fourth-order valence-corrected chi connectivity index (χ4v) is 3.75. The van der Waals surface area contributed by atoms with Crippen LogP contribution in [0.15, 0.2) is 29.3 Å². The van der Waals surface area contributed by atoms with Crippen LogP contribution in [0.5, 0.6) is 5.75 Å². The minimum absolute atomic E-state index is 0. The molecule has 10 heteroatoms. The lowest BCUT2D eigenvalue weighted by Gasteiger charge is -2.36. The molecule has 1 saturated heterocycles. The van der Waals surface area contributed by atoms with E-state index in [0.717, 1.165) is 62.5 Å². The number of piperazine rings is 1. The minimum Gasteiger partial charge on any atom is -0.494 e. The maximum absolute atomic E-state index is 12.9. The molecule has 0 spiro atoms. The molecule has 29 heavy (non-hydrogen) atoms. The summed E-state index contributed by atoms with van der Waals surface area (Å²) in [6, 6.07) is 6.09. The first kappa shape index (κ1) is 23.6. The van der Waals surface area contributed by atoms with Crippen LogP contribution < -0.4 is 15.0 Å². The Hall–Kier alpha value is -1.69. The summed E-state index contributed by atoms with van der Waals surface area (Å²) in [7, 11) is 1.81. The van der Waals surface area contributed by atoms with Crippen molar-refractivity contribution in [1.82, 2.24) is 19.6 Å². The second-order valence-electron chi connectivity index (χ2n) is 6.45. The van der Waals surface area contributed by atoms with Crippen LogP contribution >= 0.6 is 35.5 Å². The van der Waals surface area contributed by atoms with Crippen LogP contribution in [-0.4, -0.2) is 66.6 Å². The molecule has 0 radical (unpaired) electrons. The lowest BCUT2D eigenvalue weighted by Crippen LogP contribution is -2.52. The van der Waals surface area contributed by atoms with Gasteiger partial charge in [-0.05, 0) is 30.7 Å². The van der Waals surface area contributed by atoms with E-state index in [2.05, 4.69) is 36.4 Å². The Morgan fingerprint density at radius 2 is 1.97 bits per heavy atom. The molecule has 1 aromatic heterocycles. The van der Waals surface area contributed by atoms with E-state index in [4.69, 9.17) is 4.74 Å². The van der Waals surface area contributed by atoms with Crippen molar-refractivity contribution in [2.45, 2.75) is 19.8 Å². The van der Waals surface area contributed by atoms with Gasteiger partial charge in [0.25, 0.3) is 0 Å². The Kier molecular flexibility index (Phi) is 9.85. The molecule has 2 aromatic rings. The quantitative estimate of drug-likeness (QED) is 0.255. The van der Waals surface area contributed by atoms with Gasteiger partial charge >= 0.3 is 0 Å². The molecule has 1 fully saturated rings. The average molecular weight is 534 g/mol. The van der Waals surface area contributed by atoms with Crippen LogP contribution in [0.1, 0.15) is 19.2 Å². The van der Waals surface area contributed by atoms with Gasteiger partial charge in [-0.15, -0.1) is 24.0 Å². The number of benzene rings is 1. The number of hydrogen-bond acceptors (Lipinski definition) is 6. The van der Waals surface area contributed by atoms with Crippen molar-refractivity contribution in [3.63, 3.8) is 0 Å². The minimum atomic E-state index is -0.255. The zero-order chi connectivity index (χ0) is 19.8. The van der Waals surface area contributed by atoms with Gasteiger partial charge in [0.2, 0.25) is 5.13 Å². The fourth-order valence-electron chi connectivity index (χ4n) is 2.95. The number of nitrogens with one attached hydrogen (secondary N) is 1.